The molecule has 146 valence electrons. The van der Waals surface area contributed by atoms with E-state index in [9.17, 15) is 19.4 Å². The lowest BCUT2D eigenvalue weighted by molar-refractivity contribution is 0.0665. The van der Waals surface area contributed by atoms with Crippen LogP contribution in [0.2, 0.25) is 0 Å². The highest BCUT2D eigenvalue weighted by Gasteiger charge is 2.25. The van der Waals surface area contributed by atoms with Gasteiger partial charge in [0.1, 0.15) is 6.10 Å². The molecular formula is C22H22FNO4. The van der Waals surface area contributed by atoms with Crippen LogP contribution in [0.5, 0.6) is 5.75 Å². The van der Waals surface area contributed by atoms with Crippen molar-refractivity contribution in [2.45, 2.75) is 19.4 Å². The van der Waals surface area contributed by atoms with E-state index in [2.05, 4.69) is 5.32 Å². The summed E-state index contributed by atoms with van der Waals surface area (Å²) in [6.07, 6.45) is -1.09. The molecule has 1 amide bonds. The number of carbonyl (C=O) groups is 1. The molecule has 3 aromatic rings. The highest BCUT2D eigenvalue weighted by atomic mass is 19.1. The third-order valence-electron chi connectivity index (χ3n) is 4.66. The van der Waals surface area contributed by atoms with Gasteiger partial charge in [0, 0.05) is 12.0 Å². The normalized spacial score (nSPS) is 13.1. The first-order chi connectivity index (χ1) is 13.5. The van der Waals surface area contributed by atoms with E-state index in [0.29, 0.717) is 17.7 Å². The van der Waals surface area contributed by atoms with Crippen LogP contribution in [-0.4, -0.2) is 22.9 Å². The van der Waals surface area contributed by atoms with E-state index in [1.165, 1.54) is 12.1 Å². The number of hydrogen-bond acceptors (Lipinski definition) is 4. The lowest BCUT2D eigenvalue weighted by Crippen LogP contribution is -2.22. The second-order valence-electron chi connectivity index (χ2n) is 6.68. The van der Waals surface area contributed by atoms with Gasteiger partial charge in [-0.15, -0.1) is 0 Å². The Morgan fingerprint density at radius 1 is 1.14 bits per heavy atom. The van der Waals surface area contributed by atoms with Crippen molar-refractivity contribution in [3.05, 3.63) is 72.0 Å². The summed E-state index contributed by atoms with van der Waals surface area (Å²) in [5.74, 6) is -1.53. The Kier molecular flexibility index (Phi) is 6.11. The molecule has 0 fully saturated rings. The van der Waals surface area contributed by atoms with E-state index >= 15 is 0 Å². The molecular weight excluding hydrogens is 361 g/mol. The predicted molar refractivity (Wildman–Crippen MR) is 106 cm³/mol. The van der Waals surface area contributed by atoms with Gasteiger partial charge in [-0.05, 0) is 41.5 Å². The van der Waals surface area contributed by atoms with Gasteiger partial charge in [-0.25, -0.2) is 9.18 Å². The number of carbonyl (C=O) groups excluding carboxylic acids is 1. The first-order valence-corrected chi connectivity index (χ1v) is 9.04. The summed E-state index contributed by atoms with van der Waals surface area (Å²) in [5, 5.41) is 23.3. The smallest absolute Gasteiger partial charge is 0.412 e. The molecule has 0 bridgehead atoms. The van der Waals surface area contributed by atoms with Crippen LogP contribution in [0.4, 0.5) is 14.9 Å². The lowest BCUT2D eigenvalue weighted by atomic mass is 9.94. The highest BCUT2D eigenvalue weighted by molar-refractivity contribution is 6.00. The quantitative estimate of drug-likeness (QED) is 0.560. The monoisotopic (exact) mass is 383 g/mol. The van der Waals surface area contributed by atoms with Crippen molar-refractivity contribution in [1.82, 2.24) is 0 Å². The largest absolute Gasteiger partial charge is 0.505 e. The number of fused-ring (bicyclic) bond motifs is 1. The Morgan fingerprint density at radius 2 is 1.89 bits per heavy atom. The first-order valence-electron chi connectivity index (χ1n) is 9.04. The average molecular weight is 383 g/mol. The molecule has 0 radical (unpaired) electrons. The molecule has 5 nitrogen and oxygen atoms in total. The van der Waals surface area contributed by atoms with Crippen molar-refractivity contribution in [3.63, 3.8) is 0 Å². The van der Waals surface area contributed by atoms with Crippen molar-refractivity contribution in [1.29, 1.82) is 0 Å². The van der Waals surface area contributed by atoms with Crippen molar-refractivity contribution in [2.75, 3.05) is 11.9 Å². The minimum atomic E-state index is -0.795. The Bertz CT molecular complexity index is 970. The fourth-order valence-corrected chi connectivity index (χ4v) is 3.16. The minimum absolute atomic E-state index is 0.0907. The lowest BCUT2D eigenvalue weighted by Gasteiger charge is -2.24. The van der Waals surface area contributed by atoms with Crippen LogP contribution in [0.15, 0.2) is 60.7 Å². The molecule has 0 saturated heterocycles. The Hall–Kier alpha value is -3.12. The fourth-order valence-electron chi connectivity index (χ4n) is 3.16. The maximum atomic E-state index is 13.8. The number of aliphatic hydroxyl groups excluding tert-OH is 1. The number of benzene rings is 3. The number of nitrogens with one attached hydrogen (secondary N) is 1. The summed E-state index contributed by atoms with van der Waals surface area (Å²) in [6.45, 7) is 1.71. The van der Waals surface area contributed by atoms with Gasteiger partial charge in [-0.2, -0.15) is 0 Å². The molecule has 0 aromatic heterocycles. The maximum Gasteiger partial charge on any atom is 0.412 e. The SMILES string of the molecule is C[C@@H](CCO)[C@@H](OC(=O)Nc1cccc2ccccc12)c1ccc(O)c(F)c1. The predicted octanol–water partition coefficient (Wildman–Crippen LogP) is 4.99. The summed E-state index contributed by atoms with van der Waals surface area (Å²) >= 11 is 0. The van der Waals surface area contributed by atoms with Crippen molar-refractivity contribution in [3.8, 4) is 5.75 Å². The van der Waals surface area contributed by atoms with Crippen molar-refractivity contribution in [2.24, 2.45) is 5.92 Å². The van der Waals surface area contributed by atoms with E-state index in [4.69, 9.17) is 4.74 Å². The Morgan fingerprint density at radius 3 is 2.64 bits per heavy atom. The van der Waals surface area contributed by atoms with Gasteiger partial charge in [-0.3, -0.25) is 5.32 Å². The Labute approximate surface area is 162 Å². The summed E-state index contributed by atoms with van der Waals surface area (Å²) in [6, 6.07) is 17.0. The van der Waals surface area contributed by atoms with Crippen LogP contribution in [0.3, 0.4) is 0 Å². The third kappa shape index (κ3) is 4.40. The molecule has 2 atom stereocenters. The molecule has 0 spiro atoms. The highest BCUT2D eigenvalue weighted by Crippen LogP contribution is 2.32. The number of amides is 1. The summed E-state index contributed by atoms with van der Waals surface area (Å²) in [5.41, 5.74) is 1.01. The topological polar surface area (TPSA) is 78.8 Å². The molecule has 6 heteroatoms. The molecule has 0 aliphatic heterocycles. The van der Waals surface area contributed by atoms with Gasteiger partial charge in [0.15, 0.2) is 11.6 Å². The van der Waals surface area contributed by atoms with E-state index in [-0.39, 0.29) is 12.5 Å². The number of ether oxygens (including phenoxy) is 1. The summed E-state index contributed by atoms with van der Waals surface area (Å²) < 4.78 is 19.4. The number of anilines is 1. The summed E-state index contributed by atoms with van der Waals surface area (Å²) in [4.78, 5) is 12.6. The molecule has 3 aromatic carbocycles. The van der Waals surface area contributed by atoms with Crippen LogP contribution in [0.25, 0.3) is 10.8 Å². The summed E-state index contributed by atoms with van der Waals surface area (Å²) in [7, 11) is 0. The number of aromatic hydroxyl groups is 1. The van der Waals surface area contributed by atoms with E-state index in [1.807, 2.05) is 36.4 Å². The zero-order valence-corrected chi connectivity index (χ0v) is 15.4. The van der Waals surface area contributed by atoms with Crippen LogP contribution < -0.4 is 5.32 Å². The first kappa shape index (κ1) is 19.6. The van der Waals surface area contributed by atoms with Crippen LogP contribution in [-0.2, 0) is 4.74 Å². The van der Waals surface area contributed by atoms with Gasteiger partial charge in [0.2, 0.25) is 0 Å². The van der Waals surface area contributed by atoms with Gasteiger partial charge in [-0.1, -0.05) is 49.4 Å². The second kappa shape index (κ2) is 8.71. The van der Waals surface area contributed by atoms with E-state index in [0.717, 1.165) is 16.8 Å². The molecule has 28 heavy (non-hydrogen) atoms. The maximum absolute atomic E-state index is 13.8. The molecule has 3 N–H and O–H groups in total. The zero-order chi connectivity index (χ0) is 20.1. The average Bonchev–Trinajstić information content (AvgIpc) is 2.69. The van der Waals surface area contributed by atoms with E-state index in [1.54, 1.807) is 13.0 Å². The molecule has 0 unspecified atom stereocenters. The van der Waals surface area contributed by atoms with Crippen LogP contribution in [0.1, 0.15) is 25.0 Å². The minimum Gasteiger partial charge on any atom is -0.505 e. The number of rotatable bonds is 6. The number of hydrogen-bond donors (Lipinski definition) is 3. The van der Waals surface area contributed by atoms with Crippen molar-refractivity contribution >= 4 is 22.6 Å². The van der Waals surface area contributed by atoms with Gasteiger partial charge >= 0.3 is 6.09 Å². The Balaban J connectivity index is 1.83. The van der Waals surface area contributed by atoms with Crippen LogP contribution in [0, 0.1) is 11.7 Å². The van der Waals surface area contributed by atoms with Crippen molar-refractivity contribution < 1.29 is 24.1 Å². The second-order valence-corrected chi connectivity index (χ2v) is 6.68. The van der Waals surface area contributed by atoms with E-state index < -0.39 is 23.8 Å². The number of aliphatic hydroxyl groups is 1. The van der Waals surface area contributed by atoms with Crippen LogP contribution >= 0.6 is 0 Å². The van der Waals surface area contributed by atoms with Gasteiger partial charge in [0.05, 0.1) is 5.69 Å². The van der Waals surface area contributed by atoms with Gasteiger partial charge < -0.3 is 14.9 Å². The third-order valence-corrected chi connectivity index (χ3v) is 4.66. The number of phenols is 1. The molecule has 0 aliphatic carbocycles. The zero-order valence-electron chi connectivity index (χ0n) is 15.4. The van der Waals surface area contributed by atoms with Gasteiger partial charge in [0.25, 0.3) is 0 Å². The standard InChI is InChI=1S/C22H22FNO4/c1-14(11-12-25)21(16-9-10-20(26)18(23)13-16)28-22(27)24-19-8-4-6-15-5-2-3-7-17(15)19/h2-10,13-14,21,25-26H,11-12H2,1H3,(H,24,27)/t14-,21+/m0/s1. The molecule has 0 heterocycles. The fraction of sp³-hybridized carbons (Fsp3) is 0.227. The molecule has 0 saturated carbocycles. The molecule has 0 aliphatic rings. The molecule has 3 rings (SSSR count). The number of phenolic OH excluding ortho intramolecular Hbond substituents is 1. The number of halogens is 1.